The van der Waals surface area contributed by atoms with Gasteiger partial charge in [0.1, 0.15) is 11.5 Å². The van der Waals surface area contributed by atoms with Crippen LogP contribution in [0.4, 0.5) is 9.52 Å². The Bertz CT molecular complexity index is 1170. The van der Waals surface area contributed by atoms with Crippen LogP contribution in [-0.2, 0) is 4.74 Å². The molecule has 4 aromatic rings. The summed E-state index contributed by atoms with van der Waals surface area (Å²) in [5.74, 6) is -0.679. The molecule has 8 heteroatoms. The number of carbonyl (C=O) groups is 1. The van der Waals surface area contributed by atoms with Crippen LogP contribution in [-0.4, -0.2) is 39.9 Å². The normalized spacial score (nSPS) is 16.2. The summed E-state index contributed by atoms with van der Waals surface area (Å²) < 4.78 is 22.3. The molecule has 1 aliphatic rings. The Morgan fingerprint density at radius 2 is 2.03 bits per heavy atom. The molecule has 0 saturated carbocycles. The van der Waals surface area contributed by atoms with E-state index in [1.165, 1.54) is 22.1 Å². The number of nitrogens with zero attached hydrogens (tertiary/aromatic N) is 4. The van der Waals surface area contributed by atoms with E-state index in [4.69, 9.17) is 4.74 Å². The van der Waals surface area contributed by atoms with Gasteiger partial charge in [-0.05, 0) is 43.2 Å². The van der Waals surface area contributed by atoms with Gasteiger partial charge in [0.05, 0.1) is 22.9 Å². The second-order valence-corrected chi connectivity index (χ2v) is 8.12. The molecule has 1 amide bonds. The largest absolute Gasteiger partial charge is 0.376 e. The molecule has 3 heterocycles. The van der Waals surface area contributed by atoms with Gasteiger partial charge in [0.15, 0.2) is 10.8 Å². The van der Waals surface area contributed by atoms with Crippen molar-refractivity contribution < 1.29 is 13.9 Å². The minimum Gasteiger partial charge on any atom is -0.376 e. The highest BCUT2D eigenvalue weighted by atomic mass is 32.1. The van der Waals surface area contributed by atoms with Gasteiger partial charge in [0.2, 0.25) is 0 Å². The standard InChI is InChI=1S/C22H19FN4O2S/c23-16-7-1-3-9-19(16)27-12-11-18(25-27)21(28)26(14-15-6-5-13-29-15)22-24-17-8-2-4-10-20(17)30-22/h1-4,7-12,15H,5-6,13-14H2. The van der Waals surface area contributed by atoms with Crippen LogP contribution in [0.3, 0.4) is 0 Å². The molecular weight excluding hydrogens is 403 g/mol. The second-order valence-electron chi connectivity index (χ2n) is 7.11. The van der Waals surface area contributed by atoms with Crippen LogP contribution in [0.15, 0.2) is 60.8 Å². The molecular formula is C22H19FN4O2S. The molecule has 0 N–H and O–H groups in total. The molecule has 0 aliphatic carbocycles. The summed E-state index contributed by atoms with van der Waals surface area (Å²) in [6.45, 7) is 1.11. The van der Waals surface area contributed by atoms with Crippen LogP contribution >= 0.6 is 11.3 Å². The highest BCUT2D eigenvalue weighted by Gasteiger charge is 2.28. The first-order chi connectivity index (χ1) is 14.7. The van der Waals surface area contributed by atoms with Gasteiger partial charge in [-0.2, -0.15) is 5.10 Å². The van der Waals surface area contributed by atoms with Crippen molar-refractivity contribution in [2.24, 2.45) is 0 Å². The predicted octanol–water partition coefficient (Wildman–Crippen LogP) is 4.45. The molecule has 5 rings (SSSR count). The summed E-state index contributed by atoms with van der Waals surface area (Å²) in [5.41, 5.74) is 1.37. The molecule has 1 unspecified atom stereocenters. The van der Waals surface area contributed by atoms with E-state index < -0.39 is 5.82 Å². The van der Waals surface area contributed by atoms with Crippen LogP contribution in [0, 0.1) is 5.82 Å². The zero-order valence-electron chi connectivity index (χ0n) is 16.1. The Morgan fingerprint density at radius 3 is 2.83 bits per heavy atom. The third-order valence-electron chi connectivity index (χ3n) is 5.08. The van der Waals surface area contributed by atoms with Gasteiger partial charge >= 0.3 is 0 Å². The summed E-state index contributed by atoms with van der Waals surface area (Å²) in [6.07, 6.45) is 3.44. The zero-order chi connectivity index (χ0) is 20.5. The Labute approximate surface area is 176 Å². The van der Waals surface area contributed by atoms with E-state index in [1.807, 2.05) is 24.3 Å². The second kappa shape index (κ2) is 7.97. The monoisotopic (exact) mass is 422 g/mol. The van der Waals surface area contributed by atoms with Crippen molar-refractivity contribution in [3.8, 4) is 5.69 Å². The molecule has 1 fully saturated rings. The maximum atomic E-state index is 14.1. The molecule has 30 heavy (non-hydrogen) atoms. The molecule has 1 atom stereocenters. The molecule has 1 saturated heterocycles. The summed E-state index contributed by atoms with van der Waals surface area (Å²) >= 11 is 1.46. The SMILES string of the molecule is O=C(c1ccn(-c2ccccc2F)n1)N(CC1CCCO1)c1nc2ccccc2s1. The number of halogens is 1. The molecule has 6 nitrogen and oxygen atoms in total. The van der Waals surface area contributed by atoms with Crippen LogP contribution in [0.5, 0.6) is 0 Å². The quantitative estimate of drug-likeness (QED) is 0.477. The Kier molecular flexibility index (Phi) is 5.02. The van der Waals surface area contributed by atoms with Gasteiger partial charge < -0.3 is 4.74 Å². The Balaban J connectivity index is 1.49. The minimum atomic E-state index is -0.401. The number of ether oxygens (including phenoxy) is 1. The lowest BCUT2D eigenvalue weighted by Crippen LogP contribution is -2.37. The summed E-state index contributed by atoms with van der Waals surface area (Å²) in [4.78, 5) is 19.7. The van der Waals surface area contributed by atoms with Crippen molar-refractivity contribution in [2.75, 3.05) is 18.1 Å². The number of anilines is 1. The van der Waals surface area contributed by atoms with Gasteiger partial charge in [-0.1, -0.05) is 35.6 Å². The highest BCUT2D eigenvalue weighted by molar-refractivity contribution is 7.22. The van der Waals surface area contributed by atoms with Crippen molar-refractivity contribution in [1.82, 2.24) is 14.8 Å². The fourth-order valence-electron chi connectivity index (χ4n) is 3.56. The van der Waals surface area contributed by atoms with E-state index in [-0.39, 0.29) is 17.7 Å². The zero-order valence-corrected chi connectivity index (χ0v) is 16.9. The fourth-order valence-corrected chi connectivity index (χ4v) is 4.54. The first-order valence-corrected chi connectivity index (χ1v) is 10.6. The molecule has 0 radical (unpaired) electrons. The number of hydrogen-bond acceptors (Lipinski definition) is 5. The first-order valence-electron chi connectivity index (χ1n) is 9.79. The minimum absolute atomic E-state index is 0.0328. The number of fused-ring (bicyclic) bond motifs is 1. The number of benzene rings is 2. The average molecular weight is 422 g/mol. The van der Waals surface area contributed by atoms with Crippen LogP contribution in [0.2, 0.25) is 0 Å². The van der Waals surface area contributed by atoms with E-state index in [0.717, 1.165) is 23.1 Å². The molecule has 152 valence electrons. The number of thiazole rings is 1. The lowest BCUT2D eigenvalue weighted by Gasteiger charge is -2.22. The summed E-state index contributed by atoms with van der Waals surface area (Å²) in [5, 5.41) is 4.95. The molecule has 0 bridgehead atoms. The van der Waals surface area contributed by atoms with Crippen molar-refractivity contribution >= 4 is 32.6 Å². The molecule has 1 aliphatic heterocycles. The molecule has 2 aromatic heterocycles. The lowest BCUT2D eigenvalue weighted by atomic mass is 10.2. The smallest absolute Gasteiger partial charge is 0.280 e. The maximum Gasteiger partial charge on any atom is 0.280 e. The van der Waals surface area contributed by atoms with E-state index in [0.29, 0.717) is 24.0 Å². The van der Waals surface area contributed by atoms with E-state index in [2.05, 4.69) is 10.1 Å². The summed E-state index contributed by atoms with van der Waals surface area (Å²) in [6, 6.07) is 15.7. The van der Waals surface area contributed by atoms with Crippen LogP contribution in [0.25, 0.3) is 15.9 Å². The lowest BCUT2D eigenvalue weighted by molar-refractivity contribution is 0.0913. The average Bonchev–Trinajstić information content (AvgIpc) is 3.52. The van der Waals surface area contributed by atoms with Crippen LogP contribution in [0.1, 0.15) is 23.3 Å². The van der Waals surface area contributed by atoms with E-state index in [9.17, 15) is 9.18 Å². The number of para-hydroxylation sites is 2. The van der Waals surface area contributed by atoms with Crippen molar-refractivity contribution in [1.29, 1.82) is 0 Å². The number of amides is 1. The third kappa shape index (κ3) is 3.59. The molecule has 2 aromatic carbocycles. The van der Waals surface area contributed by atoms with Gasteiger partial charge in [0.25, 0.3) is 5.91 Å². The van der Waals surface area contributed by atoms with Crippen LogP contribution < -0.4 is 4.90 Å². The predicted molar refractivity (Wildman–Crippen MR) is 114 cm³/mol. The Hall–Kier alpha value is -3.10. The van der Waals surface area contributed by atoms with E-state index in [1.54, 1.807) is 35.4 Å². The molecule has 0 spiro atoms. The van der Waals surface area contributed by atoms with Gasteiger partial charge in [0, 0.05) is 12.8 Å². The van der Waals surface area contributed by atoms with Crippen molar-refractivity contribution in [3.05, 3.63) is 72.3 Å². The maximum absolute atomic E-state index is 14.1. The third-order valence-corrected chi connectivity index (χ3v) is 6.14. The van der Waals surface area contributed by atoms with Gasteiger partial charge in [-0.25, -0.2) is 14.1 Å². The van der Waals surface area contributed by atoms with Crippen molar-refractivity contribution in [2.45, 2.75) is 18.9 Å². The van der Waals surface area contributed by atoms with Crippen molar-refractivity contribution in [3.63, 3.8) is 0 Å². The van der Waals surface area contributed by atoms with Gasteiger partial charge in [-0.15, -0.1) is 0 Å². The van der Waals surface area contributed by atoms with E-state index >= 15 is 0 Å². The highest BCUT2D eigenvalue weighted by Crippen LogP contribution is 2.30. The number of carbonyl (C=O) groups excluding carboxylic acids is 1. The Morgan fingerprint density at radius 1 is 1.20 bits per heavy atom. The van der Waals surface area contributed by atoms with Gasteiger partial charge in [-0.3, -0.25) is 9.69 Å². The topological polar surface area (TPSA) is 60.2 Å². The number of rotatable bonds is 5. The summed E-state index contributed by atoms with van der Waals surface area (Å²) in [7, 11) is 0. The first kappa shape index (κ1) is 18.9. The number of aromatic nitrogens is 3. The fraction of sp³-hybridized carbons (Fsp3) is 0.227. The number of hydrogen-bond donors (Lipinski definition) is 0.